The third-order valence-corrected chi connectivity index (χ3v) is 4.97. The molecule has 0 spiro atoms. The van der Waals surface area contributed by atoms with Gasteiger partial charge in [0, 0.05) is 13.6 Å². The molecule has 25 heavy (non-hydrogen) atoms. The number of benzene rings is 2. The first-order valence-electron chi connectivity index (χ1n) is 7.86. The number of fused-ring (bicyclic) bond motifs is 1. The van der Waals surface area contributed by atoms with Crippen LogP contribution in [0.15, 0.2) is 48.5 Å². The van der Waals surface area contributed by atoms with Gasteiger partial charge in [-0.15, -0.1) is 0 Å². The van der Waals surface area contributed by atoms with E-state index in [1.54, 1.807) is 18.0 Å². The number of rotatable bonds is 5. The molecule has 0 saturated carbocycles. The molecular weight excluding hydrogens is 332 g/mol. The van der Waals surface area contributed by atoms with Crippen LogP contribution in [0.4, 0.5) is 5.13 Å². The third kappa shape index (κ3) is 4.02. The molecule has 0 N–H and O–H groups in total. The van der Waals surface area contributed by atoms with Gasteiger partial charge in [0.25, 0.3) is 0 Å². The quantitative estimate of drug-likeness (QED) is 0.709. The fourth-order valence-electron chi connectivity index (χ4n) is 2.55. The third-order valence-electron chi connectivity index (χ3n) is 3.86. The molecule has 1 heterocycles. The normalized spacial score (nSPS) is 10.8. The van der Waals surface area contributed by atoms with Gasteiger partial charge in [-0.25, -0.2) is 4.98 Å². The summed E-state index contributed by atoms with van der Waals surface area (Å²) in [6.45, 7) is 0.887. The fourth-order valence-corrected chi connectivity index (χ4v) is 3.50. The molecule has 3 aromatic rings. The van der Waals surface area contributed by atoms with Crippen molar-refractivity contribution >= 4 is 32.6 Å². The Morgan fingerprint density at radius 2 is 2.00 bits per heavy atom. The van der Waals surface area contributed by atoms with Crippen molar-refractivity contribution in [3.63, 3.8) is 0 Å². The summed E-state index contributed by atoms with van der Waals surface area (Å²) in [6, 6.07) is 17.4. The minimum Gasteiger partial charge on any atom is -0.293 e. The van der Waals surface area contributed by atoms with Gasteiger partial charge in [0.05, 0.1) is 28.4 Å². The Labute approximate surface area is 150 Å². The summed E-state index contributed by atoms with van der Waals surface area (Å²) in [6.07, 6.45) is 0. The van der Waals surface area contributed by atoms with Crippen molar-refractivity contribution in [1.29, 1.82) is 5.26 Å². The molecule has 0 aliphatic heterocycles. The van der Waals surface area contributed by atoms with Crippen molar-refractivity contribution in [1.82, 2.24) is 9.88 Å². The van der Waals surface area contributed by atoms with Gasteiger partial charge in [-0.1, -0.05) is 35.6 Å². The SMILES string of the molecule is CN(CC(=O)N(C)c1nc2ccccc2s1)Cc1cccc(C#N)c1. The number of amides is 1. The Hall–Kier alpha value is -2.75. The molecule has 126 valence electrons. The number of aromatic nitrogens is 1. The minimum atomic E-state index is -0.0157. The second-order valence-electron chi connectivity index (χ2n) is 5.90. The maximum atomic E-state index is 12.5. The predicted molar refractivity (Wildman–Crippen MR) is 101 cm³/mol. The molecule has 0 fully saturated rings. The van der Waals surface area contributed by atoms with Crippen LogP contribution in [0.25, 0.3) is 10.2 Å². The molecule has 0 aliphatic carbocycles. The van der Waals surface area contributed by atoms with Crippen LogP contribution in [0.2, 0.25) is 0 Å². The van der Waals surface area contributed by atoms with Crippen LogP contribution in [0.3, 0.4) is 0 Å². The van der Waals surface area contributed by atoms with Crippen molar-refractivity contribution in [2.24, 2.45) is 0 Å². The van der Waals surface area contributed by atoms with Crippen LogP contribution < -0.4 is 4.90 Å². The number of nitriles is 1. The highest BCUT2D eigenvalue weighted by atomic mass is 32.1. The molecule has 0 aliphatic rings. The minimum absolute atomic E-state index is 0.0157. The molecule has 0 atom stereocenters. The summed E-state index contributed by atoms with van der Waals surface area (Å²) < 4.78 is 1.07. The zero-order valence-corrected chi connectivity index (χ0v) is 15.0. The van der Waals surface area contributed by atoms with E-state index in [0.29, 0.717) is 17.2 Å². The number of hydrogen-bond acceptors (Lipinski definition) is 5. The van der Waals surface area contributed by atoms with Crippen LogP contribution >= 0.6 is 11.3 Å². The van der Waals surface area contributed by atoms with E-state index in [4.69, 9.17) is 5.26 Å². The van der Waals surface area contributed by atoms with Crippen LogP contribution in [0.1, 0.15) is 11.1 Å². The van der Waals surface area contributed by atoms with Gasteiger partial charge < -0.3 is 0 Å². The van der Waals surface area contributed by atoms with E-state index in [0.717, 1.165) is 15.8 Å². The van der Waals surface area contributed by atoms with Gasteiger partial charge in [-0.3, -0.25) is 14.6 Å². The zero-order chi connectivity index (χ0) is 17.8. The number of para-hydroxylation sites is 1. The molecule has 0 saturated heterocycles. The first-order chi connectivity index (χ1) is 12.1. The predicted octanol–water partition coefficient (Wildman–Crippen LogP) is 3.26. The lowest BCUT2D eigenvalue weighted by atomic mass is 10.1. The number of carbonyl (C=O) groups excluding carboxylic acids is 1. The lowest BCUT2D eigenvalue weighted by molar-refractivity contribution is -0.119. The topological polar surface area (TPSA) is 60.2 Å². The van der Waals surface area contributed by atoms with Gasteiger partial charge in [-0.05, 0) is 36.9 Å². The molecule has 0 bridgehead atoms. The van der Waals surface area contributed by atoms with Gasteiger partial charge in [0.2, 0.25) is 5.91 Å². The monoisotopic (exact) mass is 350 g/mol. The highest BCUT2D eigenvalue weighted by Gasteiger charge is 2.17. The van der Waals surface area contributed by atoms with Crippen molar-refractivity contribution in [3.8, 4) is 6.07 Å². The number of thiazole rings is 1. The summed E-state index contributed by atoms with van der Waals surface area (Å²) >= 11 is 1.51. The maximum Gasteiger partial charge on any atom is 0.242 e. The lowest BCUT2D eigenvalue weighted by Crippen LogP contribution is -2.36. The van der Waals surface area contributed by atoms with Gasteiger partial charge in [-0.2, -0.15) is 5.26 Å². The molecule has 3 rings (SSSR count). The molecular formula is C19H18N4OS. The Balaban J connectivity index is 1.65. The zero-order valence-electron chi connectivity index (χ0n) is 14.1. The molecule has 2 aromatic carbocycles. The molecule has 1 amide bonds. The van der Waals surface area contributed by atoms with Crippen LogP contribution in [-0.2, 0) is 11.3 Å². The fraction of sp³-hybridized carbons (Fsp3) is 0.211. The largest absolute Gasteiger partial charge is 0.293 e. The molecule has 0 unspecified atom stereocenters. The number of nitrogens with zero attached hydrogens (tertiary/aromatic N) is 4. The lowest BCUT2D eigenvalue weighted by Gasteiger charge is -2.20. The van der Waals surface area contributed by atoms with E-state index < -0.39 is 0 Å². The summed E-state index contributed by atoms with van der Waals surface area (Å²) in [5, 5.41) is 9.67. The van der Waals surface area contributed by atoms with Crippen molar-refractivity contribution in [2.45, 2.75) is 6.54 Å². The van der Waals surface area contributed by atoms with E-state index in [1.165, 1.54) is 11.3 Å². The molecule has 0 radical (unpaired) electrons. The number of carbonyl (C=O) groups is 1. The van der Waals surface area contributed by atoms with Crippen LogP contribution in [-0.4, -0.2) is 36.4 Å². The van der Waals surface area contributed by atoms with Gasteiger partial charge >= 0.3 is 0 Å². The van der Waals surface area contributed by atoms with Gasteiger partial charge in [0.1, 0.15) is 0 Å². The second-order valence-corrected chi connectivity index (χ2v) is 6.91. The summed E-state index contributed by atoms with van der Waals surface area (Å²) in [4.78, 5) is 20.6. The number of anilines is 1. The van der Waals surface area contributed by atoms with E-state index in [9.17, 15) is 4.79 Å². The number of hydrogen-bond donors (Lipinski definition) is 0. The first kappa shape index (κ1) is 17.1. The standard InChI is InChI=1S/C19H18N4OS/c1-22(12-15-7-5-6-14(10-15)11-20)13-18(24)23(2)19-21-16-8-3-4-9-17(16)25-19/h3-10H,12-13H2,1-2H3. The summed E-state index contributed by atoms with van der Waals surface area (Å²) in [7, 11) is 3.65. The average molecular weight is 350 g/mol. The Bertz CT molecular complexity index is 911. The van der Waals surface area contributed by atoms with Gasteiger partial charge in [0.15, 0.2) is 5.13 Å². The second kappa shape index (κ2) is 7.43. The Morgan fingerprint density at radius 1 is 1.20 bits per heavy atom. The number of likely N-dealkylation sites (N-methyl/N-ethyl adjacent to an activating group) is 2. The van der Waals surface area contributed by atoms with Crippen molar-refractivity contribution < 1.29 is 4.79 Å². The van der Waals surface area contributed by atoms with Crippen LogP contribution in [0.5, 0.6) is 0 Å². The maximum absolute atomic E-state index is 12.5. The average Bonchev–Trinajstić information content (AvgIpc) is 3.05. The first-order valence-corrected chi connectivity index (χ1v) is 8.68. The Kier molecular flexibility index (Phi) is 5.08. The summed E-state index contributed by atoms with van der Waals surface area (Å²) in [5.41, 5.74) is 2.55. The highest BCUT2D eigenvalue weighted by molar-refractivity contribution is 7.22. The summed E-state index contributed by atoms with van der Waals surface area (Å²) in [5.74, 6) is -0.0157. The van der Waals surface area contributed by atoms with E-state index in [2.05, 4.69) is 11.1 Å². The van der Waals surface area contributed by atoms with Crippen molar-refractivity contribution in [2.75, 3.05) is 25.5 Å². The highest BCUT2D eigenvalue weighted by Crippen LogP contribution is 2.27. The molecule has 1 aromatic heterocycles. The smallest absolute Gasteiger partial charge is 0.242 e. The van der Waals surface area contributed by atoms with Crippen LogP contribution in [0, 0.1) is 11.3 Å². The van der Waals surface area contributed by atoms with E-state index in [1.807, 2.05) is 54.4 Å². The van der Waals surface area contributed by atoms with Crippen molar-refractivity contribution in [3.05, 3.63) is 59.7 Å². The molecule has 5 nitrogen and oxygen atoms in total. The molecule has 6 heteroatoms. The van der Waals surface area contributed by atoms with E-state index >= 15 is 0 Å². The van der Waals surface area contributed by atoms with E-state index in [-0.39, 0.29) is 12.5 Å². The Morgan fingerprint density at radius 3 is 2.76 bits per heavy atom.